The molecular weight excluding hydrogens is 443 g/mol. The Morgan fingerprint density at radius 3 is 2.69 bits per heavy atom. The molecule has 3 N–H and O–H groups in total. The minimum atomic E-state index is -1.04. The molecule has 1 amide bonds. The molecule has 2 atom stereocenters. The first-order chi connectivity index (χ1) is 13.7. The van der Waals surface area contributed by atoms with Gasteiger partial charge in [-0.1, -0.05) is 34.5 Å². The first-order valence-electron chi connectivity index (χ1n) is 8.59. The molecule has 0 unspecified atom stereocenters. The number of esters is 1. The molecule has 0 bridgehead atoms. The van der Waals surface area contributed by atoms with Crippen molar-refractivity contribution in [2.75, 3.05) is 25.1 Å². The predicted octanol–water partition coefficient (Wildman–Crippen LogP) is 2.58. The molecule has 156 valence electrons. The number of aromatic amines is 1. The standard InChI is InChI=1S/C17H18Cl2N4O5S/c1-7-11(18)12(19)13(21-7)14(24)22-9-3-4-23(6-8(9)15(25)26)17-20-5-10(29-17)16(27)28-2/h5,8-9,21H,3-4,6H2,1-2H3,(H,22,24)(H,25,26)/t8-,9+/m1/s1. The number of ether oxygens (including phenoxy) is 1. The smallest absolute Gasteiger partial charge is 0.349 e. The zero-order valence-corrected chi connectivity index (χ0v) is 17.8. The van der Waals surface area contributed by atoms with Gasteiger partial charge < -0.3 is 25.0 Å². The minimum absolute atomic E-state index is 0.100. The Balaban J connectivity index is 1.73. The Bertz CT molecular complexity index is 960. The Hall–Kier alpha value is -2.30. The number of anilines is 1. The summed E-state index contributed by atoms with van der Waals surface area (Å²) in [5, 5.41) is 13.3. The van der Waals surface area contributed by atoms with Crippen molar-refractivity contribution in [2.24, 2.45) is 5.92 Å². The maximum Gasteiger partial charge on any atom is 0.349 e. The number of hydrogen-bond acceptors (Lipinski definition) is 7. The number of rotatable bonds is 5. The van der Waals surface area contributed by atoms with Gasteiger partial charge in [-0.05, 0) is 13.3 Å². The highest BCUT2D eigenvalue weighted by Gasteiger charge is 2.37. The summed E-state index contributed by atoms with van der Waals surface area (Å²) in [7, 11) is 1.28. The van der Waals surface area contributed by atoms with Crippen molar-refractivity contribution >= 4 is 57.5 Å². The van der Waals surface area contributed by atoms with Gasteiger partial charge >= 0.3 is 11.9 Å². The first-order valence-corrected chi connectivity index (χ1v) is 10.2. The predicted molar refractivity (Wildman–Crippen MR) is 108 cm³/mol. The zero-order valence-electron chi connectivity index (χ0n) is 15.5. The summed E-state index contributed by atoms with van der Waals surface area (Å²) >= 11 is 13.2. The van der Waals surface area contributed by atoms with Crippen LogP contribution in [0.4, 0.5) is 5.13 Å². The summed E-state index contributed by atoms with van der Waals surface area (Å²) in [4.78, 5) is 45.1. The number of piperidine rings is 1. The summed E-state index contributed by atoms with van der Waals surface area (Å²) in [5.41, 5.74) is 0.653. The van der Waals surface area contributed by atoms with Crippen LogP contribution in [0.5, 0.6) is 0 Å². The van der Waals surface area contributed by atoms with E-state index in [1.807, 2.05) is 0 Å². The lowest BCUT2D eigenvalue weighted by atomic mass is 9.92. The SMILES string of the molecule is COC(=O)c1cnc(N2CC[C@H](NC(=O)c3[nH]c(C)c(Cl)c3Cl)[C@H](C(=O)O)C2)s1. The normalized spacial score (nSPS) is 19.1. The van der Waals surface area contributed by atoms with Crippen molar-refractivity contribution in [3.8, 4) is 0 Å². The number of halogens is 2. The van der Waals surface area contributed by atoms with Crippen molar-refractivity contribution in [3.05, 3.63) is 32.5 Å². The zero-order chi connectivity index (χ0) is 21.3. The second kappa shape index (κ2) is 8.60. The number of carboxylic acids is 1. The Morgan fingerprint density at radius 1 is 1.38 bits per heavy atom. The fourth-order valence-corrected chi connectivity index (χ4v) is 4.41. The monoisotopic (exact) mass is 460 g/mol. The molecule has 2 aromatic heterocycles. The van der Waals surface area contributed by atoms with E-state index in [1.54, 1.807) is 11.8 Å². The van der Waals surface area contributed by atoms with Gasteiger partial charge in [0.05, 0.1) is 29.3 Å². The van der Waals surface area contributed by atoms with E-state index < -0.39 is 29.8 Å². The largest absolute Gasteiger partial charge is 0.481 e. The molecule has 0 radical (unpaired) electrons. The number of H-pyrrole nitrogens is 1. The van der Waals surface area contributed by atoms with E-state index in [1.165, 1.54) is 13.3 Å². The van der Waals surface area contributed by atoms with Crippen LogP contribution in [0, 0.1) is 12.8 Å². The van der Waals surface area contributed by atoms with Crippen LogP contribution in [-0.2, 0) is 9.53 Å². The number of methoxy groups -OCH3 is 1. The molecule has 9 nitrogen and oxygen atoms in total. The number of carboxylic acid groups (broad SMARTS) is 1. The molecule has 3 heterocycles. The van der Waals surface area contributed by atoms with Gasteiger partial charge in [-0.2, -0.15) is 0 Å². The average Bonchev–Trinajstić information content (AvgIpc) is 3.29. The van der Waals surface area contributed by atoms with Crippen LogP contribution in [0.3, 0.4) is 0 Å². The van der Waals surface area contributed by atoms with Crippen LogP contribution in [0.2, 0.25) is 10.0 Å². The molecule has 12 heteroatoms. The third kappa shape index (κ3) is 4.34. The molecule has 1 aliphatic rings. The van der Waals surface area contributed by atoms with Gasteiger partial charge in [-0.25, -0.2) is 9.78 Å². The molecule has 0 spiro atoms. The lowest BCUT2D eigenvalue weighted by molar-refractivity contribution is -0.142. The maximum absolute atomic E-state index is 12.6. The summed E-state index contributed by atoms with van der Waals surface area (Å²) in [5.74, 6) is -2.93. The molecule has 1 saturated heterocycles. The lowest BCUT2D eigenvalue weighted by Crippen LogP contribution is -2.53. The Kier molecular flexibility index (Phi) is 6.35. The quantitative estimate of drug-likeness (QED) is 0.585. The van der Waals surface area contributed by atoms with Crippen molar-refractivity contribution in [3.63, 3.8) is 0 Å². The summed E-state index contributed by atoms with van der Waals surface area (Å²) in [6, 6.07) is -0.602. The number of nitrogens with zero attached hydrogens (tertiary/aromatic N) is 2. The first kappa shape index (κ1) is 21.4. The molecular formula is C17H18Cl2N4O5S. The third-order valence-corrected chi connectivity index (χ3v) is 6.66. The Labute approximate surface area is 180 Å². The molecule has 3 rings (SSSR count). The Morgan fingerprint density at radius 2 is 2.10 bits per heavy atom. The fourth-order valence-electron chi connectivity index (χ4n) is 3.12. The van der Waals surface area contributed by atoms with E-state index in [-0.39, 0.29) is 22.3 Å². The summed E-state index contributed by atoms with van der Waals surface area (Å²) in [6.07, 6.45) is 1.77. The number of thiazole rings is 1. The summed E-state index contributed by atoms with van der Waals surface area (Å²) in [6.45, 7) is 2.27. The number of carbonyl (C=O) groups excluding carboxylic acids is 2. The van der Waals surface area contributed by atoms with Crippen LogP contribution in [-0.4, -0.2) is 59.2 Å². The van der Waals surface area contributed by atoms with Gasteiger partial charge in [-0.15, -0.1) is 0 Å². The second-order valence-corrected chi connectivity index (χ2v) is 8.28. The molecule has 2 aromatic rings. The molecule has 0 saturated carbocycles. The van der Waals surface area contributed by atoms with Crippen molar-refractivity contribution in [1.82, 2.24) is 15.3 Å². The van der Waals surface area contributed by atoms with Crippen molar-refractivity contribution < 1.29 is 24.2 Å². The highest BCUT2D eigenvalue weighted by atomic mass is 35.5. The minimum Gasteiger partial charge on any atom is -0.481 e. The molecule has 1 fully saturated rings. The highest BCUT2D eigenvalue weighted by Crippen LogP contribution is 2.31. The van der Waals surface area contributed by atoms with Gasteiger partial charge in [0.2, 0.25) is 0 Å². The van der Waals surface area contributed by atoms with Crippen LogP contribution >= 0.6 is 34.5 Å². The molecule has 0 aliphatic carbocycles. The van der Waals surface area contributed by atoms with Crippen LogP contribution in [0.25, 0.3) is 0 Å². The van der Waals surface area contributed by atoms with Gasteiger partial charge in [0, 0.05) is 24.8 Å². The molecule has 0 aromatic carbocycles. The summed E-state index contributed by atoms with van der Waals surface area (Å²) < 4.78 is 4.67. The topological polar surface area (TPSA) is 125 Å². The number of aliphatic carboxylic acids is 1. The van der Waals surface area contributed by atoms with E-state index in [4.69, 9.17) is 23.2 Å². The number of carbonyl (C=O) groups is 3. The number of aryl methyl sites for hydroxylation is 1. The second-order valence-electron chi connectivity index (χ2n) is 6.51. The number of nitrogens with one attached hydrogen (secondary N) is 2. The number of hydrogen-bond donors (Lipinski definition) is 3. The number of amides is 1. The van der Waals surface area contributed by atoms with Crippen molar-refractivity contribution in [1.29, 1.82) is 0 Å². The van der Waals surface area contributed by atoms with E-state index in [2.05, 4.69) is 20.0 Å². The van der Waals surface area contributed by atoms with Gasteiger partial charge in [0.1, 0.15) is 10.6 Å². The van der Waals surface area contributed by atoms with E-state index in [0.29, 0.717) is 28.7 Å². The van der Waals surface area contributed by atoms with Crippen LogP contribution in [0.15, 0.2) is 6.20 Å². The van der Waals surface area contributed by atoms with Gasteiger partial charge in [-0.3, -0.25) is 9.59 Å². The maximum atomic E-state index is 12.6. The van der Waals surface area contributed by atoms with E-state index in [9.17, 15) is 19.5 Å². The van der Waals surface area contributed by atoms with Crippen LogP contribution < -0.4 is 10.2 Å². The number of aromatic nitrogens is 2. The highest BCUT2D eigenvalue weighted by molar-refractivity contribution is 7.17. The fraction of sp³-hybridized carbons (Fsp3) is 0.412. The molecule has 29 heavy (non-hydrogen) atoms. The van der Waals surface area contributed by atoms with Gasteiger partial charge in [0.25, 0.3) is 5.91 Å². The van der Waals surface area contributed by atoms with E-state index >= 15 is 0 Å². The van der Waals surface area contributed by atoms with Crippen LogP contribution in [0.1, 0.15) is 32.3 Å². The van der Waals surface area contributed by atoms with Crippen molar-refractivity contribution in [2.45, 2.75) is 19.4 Å². The third-order valence-electron chi connectivity index (χ3n) is 4.68. The average molecular weight is 461 g/mol. The van der Waals surface area contributed by atoms with Gasteiger partial charge in [0.15, 0.2) is 5.13 Å². The lowest BCUT2D eigenvalue weighted by Gasteiger charge is -2.36. The van der Waals surface area contributed by atoms with E-state index in [0.717, 1.165) is 11.3 Å². The molecule has 1 aliphatic heterocycles.